The lowest BCUT2D eigenvalue weighted by molar-refractivity contribution is -0.121. The number of hydrogen-bond acceptors (Lipinski definition) is 3. The van der Waals surface area contributed by atoms with E-state index in [-0.39, 0.29) is 11.8 Å². The van der Waals surface area contributed by atoms with Gasteiger partial charge in [-0.3, -0.25) is 9.69 Å². The van der Waals surface area contributed by atoms with Crippen LogP contribution in [-0.2, 0) is 4.79 Å². The van der Waals surface area contributed by atoms with E-state index in [0.29, 0.717) is 10.8 Å². The molecule has 0 aromatic heterocycles. The van der Waals surface area contributed by atoms with E-state index in [9.17, 15) is 4.79 Å². The number of carbonyl (C=O) groups excluding carboxylic acids is 1. The molecule has 88 valence electrons. The van der Waals surface area contributed by atoms with Crippen molar-refractivity contribution in [2.24, 2.45) is 0 Å². The number of halogens is 1. The molecular formula is C12H16ClNO2. The van der Waals surface area contributed by atoms with E-state index in [1.54, 1.807) is 26.2 Å². The molecule has 0 aliphatic heterocycles. The summed E-state index contributed by atoms with van der Waals surface area (Å²) in [6.07, 6.45) is 0. The van der Waals surface area contributed by atoms with Gasteiger partial charge in [-0.2, -0.15) is 0 Å². The number of methoxy groups -OCH3 is 1. The van der Waals surface area contributed by atoms with Gasteiger partial charge in [0.25, 0.3) is 0 Å². The van der Waals surface area contributed by atoms with Gasteiger partial charge in [0, 0.05) is 5.02 Å². The fraction of sp³-hybridized carbons (Fsp3) is 0.417. The summed E-state index contributed by atoms with van der Waals surface area (Å²) in [5.74, 6) is 0.756. The number of Topliss-reactive ketones (excluding diaryl/α,β-unsaturated/α-hetero) is 1. The Bertz CT molecular complexity index is 391. The SMILES string of the molecule is COc1ccc(C(C(C)=O)N(C)C)c(Cl)c1. The molecule has 0 amide bonds. The fourth-order valence-corrected chi connectivity index (χ4v) is 1.99. The molecule has 1 rings (SSSR count). The second kappa shape index (κ2) is 5.32. The van der Waals surface area contributed by atoms with Gasteiger partial charge in [0.15, 0.2) is 5.78 Å². The number of ketones is 1. The molecule has 3 nitrogen and oxygen atoms in total. The average molecular weight is 242 g/mol. The maximum Gasteiger partial charge on any atom is 0.151 e. The number of hydrogen-bond donors (Lipinski definition) is 0. The Morgan fingerprint density at radius 1 is 1.44 bits per heavy atom. The monoisotopic (exact) mass is 241 g/mol. The molecule has 1 atom stereocenters. The molecule has 4 heteroatoms. The van der Waals surface area contributed by atoms with Gasteiger partial charge in [-0.15, -0.1) is 0 Å². The molecule has 1 aromatic carbocycles. The number of nitrogens with zero attached hydrogens (tertiary/aromatic N) is 1. The van der Waals surface area contributed by atoms with Crippen LogP contribution in [0.15, 0.2) is 18.2 Å². The zero-order chi connectivity index (χ0) is 12.3. The lowest BCUT2D eigenvalue weighted by Crippen LogP contribution is -2.26. The summed E-state index contributed by atoms with van der Waals surface area (Å²) < 4.78 is 5.07. The van der Waals surface area contributed by atoms with E-state index >= 15 is 0 Å². The van der Waals surface area contributed by atoms with Gasteiger partial charge in [-0.25, -0.2) is 0 Å². The van der Waals surface area contributed by atoms with E-state index in [1.807, 2.05) is 25.1 Å². The first-order valence-electron chi connectivity index (χ1n) is 4.97. The third kappa shape index (κ3) is 2.74. The number of rotatable bonds is 4. The Hall–Kier alpha value is -1.06. The molecule has 0 spiro atoms. The van der Waals surface area contributed by atoms with E-state index in [2.05, 4.69) is 0 Å². The highest BCUT2D eigenvalue weighted by atomic mass is 35.5. The van der Waals surface area contributed by atoms with E-state index < -0.39 is 0 Å². The molecule has 0 saturated heterocycles. The van der Waals surface area contributed by atoms with Crippen molar-refractivity contribution in [2.45, 2.75) is 13.0 Å². The third-order valence-electron chi connectivity index (χ3n) is 2.40. The van der Waals surface area contributed by atoms with Gasteiger partial charge in [0.2, 0.25) is 0 Å². The summed E-state index contributed by atoms with van der Waals surface area (Å²) in [4.78, 5) is 13.4. The van der Waals surface area contributed by atoms with Gasteiger partial charge in [-0.1, -0.05) is 17.7 Å². The zero-order valence-electron chi connectivity index (χ0n) is 9.95. The minimum Gasteiger partial charge on any atom is -0.497 e. The number of ether oxygens (including phenoxy) is 1. The molecule has 0 radical (unpaired) electrons. The van der Waals surface area contributed by atoms with Crippen molar-refractivity contribution in [3.63, 3.8) is 0 Å². The molecule has 0 fully saturated rings. The predicted molar refractivity (Wildman–Crippen MR) is 65.1 cm³/mol. The molecule has 0 N–H and O–H groups in total. The van der Waals surface area contributed by atoms with Gasteiger partial charge in [0.1, 0.15) is 5.75 Å². The van der Waals surface area contributed by atoms with Crippen LogP contribution in [0, 0.1) is 0 Å². The Kier molecular flexibility index (Phi) is 4.33. The molecule has 0 bridgehead atoms. The number of likely N-dealkylation sites (N-methyl/N-ethyl adjacent to an activating group) is 1. The van der Waals surface area contributed by atoms with Crippen LogP contribution in [0.5, 0.6) is 5.75 Å². The third-order valence-corrected chi connectivity index (χ3v) is 2.73. The van der Waals surface area contributed by atoms with Crippen molar-refractivity contribution < 1.29 is 9.53 Å². The van der Waals surface area contributed by atoms with Crippen molar-refractivity contribution in [3.8, 4) is 5.75 Å². The topological polar surface area (TPSA) is 29.5 Å². The molecule has 16 heavy (non-hydrogen) atoms. The zero-order valence-corrected chi connectivity index (χ0v) is 10.7. The smallest absolute Gasteiger partial charge is 0.151 e. The van der Waals surface area contributed by atoms with Gasteiger partial charge >= 0.3 is 0 Å². The highest BCUT2D eigenvalue weighted by Gasteiger charge is 2.21. The van der Waals surface area contributed by atoms with Gasteiger partial charge in [0.05, 0.1) is 13.2 Å². The molecule has 0 aliphatic carbocycles. The first-order chi connectivity index (χ1) is 7.47. The maximum atomic E-state index is 11.6. The summed E-state index contributed by atoms with van der Waals surface area (Å²) in [6.45, 7) is 1.56. The van der Waals surface area contributed by atoms with Crippen LogP contribution >= 0.6 is 11.6 Å². The van der Waals surface area contributed by atoms with Crippen LogP contribution in [-0.4, -0.2) is 31.9 Å². The second-order valence-corrected chi connectivity index (χ2v) is 4.27. The molecule has 0 aliphatic rings. The van der Waals surface area contributed by atoms with Gasteiger partial charge in [-0.05, 0) is 38.7 Å². The number of carbonyl (C=O) groups is 1. The van der Waals surface area contributed by atoms with E-state index in [4.69, 9.17) is 16.3 Å². The molecule has 1 unspecified atom stereocenters. The van der Waals surface area contributed by atoms with Crippen LogP contribution < -0.4 is 4.74 Å². The highest BCUT2D eigenvalue weighted by Crippen LogP contribution is 2.30. The Balaban J connectivity index is 3.15. The first kappa shape index (κ1) is 13.0. The summed E-state index contributed by atoms with van der Waals surface area (Å²) in [7, 11) is 5.29. The van der Waals surface area contributed by atoms with Crippen LogP contribution in [0.2, 0.25) is 5.02 Å². The first-order valence-corrected chi connectivity index (χ1v) is 5.35. The summed E-state index contributed by atoms with van der Waals surface area (Å²) in [6, 6.07) is 5.04. The van der Waals surface area contributed by atoms with Crippen LogP contribution in [0.3, 0.4) is 0 Å². The summed E-state index contributed by atoms with van der Waals surface area (Å²) in [5.41, 5.74) is 0.806. The summed E-state index contributed by atoms with van der Waals surface area (Å²) in [5, 5.41) is 0.549. The van der Waals surface area contributed by atoms with Gasteiger partial charge < -0.3 is 4.74 Å². The molecule has 0 saturated carbocycles. The Morgan fingerprint density at radius 2 is 2.06 bits per heavy atom. The molecule has 1 aromatic rings. The fourth-order valence-electron chi connectivity index (χ4n) is 1.72. The maximum absolute atomic E-state index is 11.6. The Morgan fingerprint density at radius 3 is 2.44 bits per heavy atom. The minimum atomic E-state index is -0.307. The second-order valence-electron chi connectivity index (χ2n) is 3.86. The van der Waals surface area contributed by atoms with Crippen LogP contribution in [0.25, 0.3) is 0 Å². The molecule has 0 heterocycles. The van der Waals surface area contributed by atoms with Crippen molar-refractivity contribution in [1.29, 1.82) is 0 Å². The van der Waals surface area contributed by atoms with Crippen LogP contribution in [0.1, 0.15) is 18.5 Å². The number of benzene rings is 1. The Labute approximate surface area is 101 Å². The summed E-state index contributed by atoms with van der Waals surface area (Å²) >= 11 is 6.13. The van der Waals surface area contributed by atoms with Crippen LogP contribution in [0.4, 0.5) is 0 Å². The lowest BCUT2D eigenvalue weighted by atomic mass is 10.0. The quantitative estimate of drug-likeness (QED) is 0.812. The van der Waals surface area contributed by atoms with Crippen molar-refractivity contribution in [2.75, 3.05) is 21.2 Å². The highest BCUT2D eigenvalue weighted by molar-refractivity contribution is 6.31. The van der Waals surface area contributed by atoms with Crippen molar-refractivity contribution in [1.82, 2.24) is 4.90 Å². The normalized spacial score (nSPS) is 12.6. The predicted octanol–water partition coefficient (Wildman–Crippen LogP) is 2.54. The van der Waals surface area contributed by atoms with E-state index in [1.165, 1.54) is 0 Å². The lowest BCUT2D eigenvalue weighted by Gasteiger charge is -2.23. The largest absolute Gasteiger partial charge is 0.497 e. The van der Waals surface area contributed by atoms with Crippen molar-refractivity contribution in [3.05, 3.63) is 28.8 Å². The minimum absolute atomic E-state index is 0.0667. The van der Waals surface area contributed by atoms with Crippen molar-refractivity contribution >= 4 is 17.4 Å². The standard InChI is InChI=1S/C12H16ClNO2/c1-8(15)12(14(2)3)10-6-5-9(16-4)7-11(10)13/h5-7,12H,1-4H3. The van der Waals surface area contributed by atoms with E-state index in [0.717, 1.165) is 5.56 Å². The average Bonchev–Trinajstić information content (AvgIpc) is 2.19. The molecular weight excluding hydrogens is 226 g/mol.